The molecule has 0 aliphatic carbocycles. The Balaban J connectivity index is 1.39. The number of likely N-dealkylation sites (tertiary alicyclic amines) is 1. The Labute approximate surface area is 153 Å². The molecule has 3 aliphatic rings. The Morgan fingerprint density at radius 2 is 2.04 bits per heavy atom. The van der Waals surface area contributed by atoms with Crippen molar-refractivity contribution in [2.75, 3.05) is 39.3 Å². The van der Waals surface area contributed by atoms with Crippen molar-refractivity contribution >= 4 is 11.8 Å². The van der Waals surface area contributed by atoms with Gasteiger partial charge in [-0.25, -0.2) is 0 Å². The predicted octanol–water partition coefficient (Wildman–Crippen LogP) is 0.142. The molecule has 2 fully saturated rings. The lowest BCUT2D eigenvalue weighted by molar-refractivity contribution is -0.139. The molecule has 0 bridgehead atoms. The Hall–Kier alpha value is -1.96. The molecular formula is C18H28N6O2. The lowest BCUT2D eigenvalue weighted by atomic mass is 9.97. The van der Waals surface area contributed by atoms with Gasteiger partial charge in [-0.1, -0.05) is 6.42 Å². The van der Waals surface area contributed by atoms with Crippen molar-refractivity contribution in [2.24, 2.45) is 0 Å². The van der Waals surface area contributed by atoms with E-state index in [0.717, 1.165) is 50.5 Å². The molecule has 3 aliphatic heterocycles. The maximum atomic E-state index is 12.6. The first kappa shape index (κ1) is 17.5. The van der Waals surface area contributed by atoms with Crippen LogP contribution in [0.25, 0.3) is 0 Å². The Bertz CT molecular complexity index is 673. The molecule has 8 heteroatoms. The zero-order valence-corrected chi connectivity index (χ0v) is 15.3. The molecule has 1 aromatic rings. The molecule has 4 heterocycles. The number of nitrogens with one attached hydrogen (secondary N) is 1. The SMILES string of the molecule is O=C1CN(C(=O)CN2CCCC(c3nnc4n3CCCCC4)C2)CCN1. The van der Waals surface area contributed by atoms with Gasteiger partial charge in [0.2, 0.25) is 11.8 Å². The summed E-state index contributed by atoms with van der Waals surface area (Å²) in [6.07, 6.45) is 6.86. The van der Waals surface area contributed by atoms with Gasteiger partial charge < -0.3 is 14.8 Å². The van der Waals surface area contributed by atoms with Crippen LogP contribution in [0.5, 0.6) is 0 Å². The summed E-state index contributed by atoms with van der Waals surface area (Å²) < 4.78 is 2.33. The second-order valence-corrected chi connectivity index (χ2v) is 7.68. The molecule has 2 saturated heterocycles. The number of piperidine rings is 1. The maximum absolute atomic E-state index is 12.6. The van der Waals surface area contributed by atoms with Crippen LogP contribution in [-0.2, 0) is 22.6 Å². The average molecular weight is 360 g/mol. The normalized spacial score (nSPS) is 24.7. The van der Waals surface area contributed by atoms with E-state index in [1.165, 1.54) is 19.3 Å². The van der Waals surface area contributed by atoms with Crippen LogP contribution in [0.15, 0.2) is 0 Å². The van der Waals surface area contributed by atoms with Crippen LogP contribution < -0.4 is 5.32 Å². The average Bonchev–Trinajstić information content (AvgIpc) is 2.90. The molecular weight excluding hydrogens is 332 g/mol. The van der Waals surface area contributed by atoms with Gasteiger partial charge in [0.05, 0.1) is 13.1 Å². The molecule has 0 aromatic carbocycles. The summed E-state index contributed by atoms with van der Waals surface area (Å²) in [5.74, 6) is 2.58. The fraction of sp³-hybridized carbons (Fsp3) is 0.778. The van der Waals surface area contributed by atoms with Crippen LogP contribution in [0.3, 0.4) is 0 Å². The minimum atomic E-state index is -0.0627. The Kier molecular flexibility index (Phi) is 5.19. The van der Waals surface area contributed by atoms with Gasteiger partial charge in [-0.2, -0.15) is 0 Å². The van der Waals surface area contributed by atoms with E-state index in [2.05, 4.69) is 25.0 Å². The molecule has 8 nitrogen and oxygen atoms in total. The molecule has 1 unspecified atom stereocenters. The summed E-state index contributed by atoms with van der Waals surface area (Å²) in [4.78, 5) is 28.0. The summed E-state index contributed by atoms with van der Waals surface area (Å²) in [7, 11) is 0. The number of amides is 2. The monoisotopic (exact) mass is 360 g/mol. The van der Waals surface area contributed by atoms with Gasteiger partial charge in [-0.3, -0.25) is 14.5 Å². The first-order valence-electron chi connectivity index (χ1n) is 9.89. The molecule has 1 aromatic heterocycles. The smallest absolute Gasteiger partial charge is 0.239 e. The number of rotatable bonds is 3. The Morgan fingerprint density at radius 1 is 1.12 bits per heavy atom. The third-order valence-electron chi connectivity index (χ3n) is 5.76. The highest BCUT2D eigenvalue weighted by molar-refractivity contribution is 5.86. The van der Waals surface area contributed by atoms with Crippen LogP contribution in [-0.4, -0.2) is 75.6 Å². The number of hydrogen-bond acceptors (Lipinski definition) is 5. The van der Waals surface area contributed by atoms with Gasteiger partial charge in [0, 0.05) is 38.5 Å². The van der Waals surface area contributed by atoms with Crippen LogP contribution in [0.1, 0.15) is 49.7 Å². The molecule has 4 rings (SSSR count). The van der Waals surface area contributed by atoms with Gasteiger partial charge in [-0.15, -0.1) is 10.2 Å². The minimum absolute atomic E-state index is 0.0561. The van der Waals surface area contributed by atoms with Gasteiger partial charge >= 0.3 is 0 Å². The standard InChI is InChI=1S/C18H28N6O2/c25-16-12-23(10-7-19-16)17(26)13-22-8-4-5-14(11-22)18-21-20-15-6-2-1-3-9-24(15)18/h14H,1-13H2,(H,19,25). The van der Waals surface area contributed by atoms with E-state index < -0.39 is 0 Å². The first-order chi connectivity index (χ1) is 12.7. The number of nitrogens with zero attached hydrogens (tertiary/aromatic N) is 5. The fourth-order valence-corrected chi connectivity index (χ4v) is 4.36. The molecule has 1 N–H and O–H groups in total. The summed E-state index contributed by atoms with van der Waals surface area (Å²) in [5.41, 5.74) is 0. The van der Waals surface area contributed by atoms with Crippen molar-refractivity contribution in [2.45, 2.75) is 51.0 Å². The number of aryl methyl sites for hydroxylation is 1. The topological polar surface area (TPSA) is 83.4 Å². The molecule has 26 heavy (non-hydrogen) atoms. The zero-order chi connectivity index (χ0) is 17.9. The van der Waals surface area contributed by atoms with Crippen molar-refractivity contribution in [3.63, 3.8) is 0 Å². The third-order valence-corrected chi connectivity index (χ3v) is 5.76. The number of piperazine rings is 1. The van der Waals surface area contributed by atoms with Gasteiger partial charge in [0.15, 0.2) is 0 Å². The second kappa shape index (κ2) is 7.73. The van der Waals surface area contributed by atoms with Crippen molar-refractivity contribution in [3.05, 3.63) is 11.6 Å². The maximum Gasteiger partial charge on any atom is 0.239 e. The highest BCUT2D eigenvalue weighted by atomic mass is 16.2. The van der Waals surface area contributed by atoms with E-state index >= 15 is 0 Å². The van der Waals surface area contributed by atoms with E-state index in [1.807, 2.05) is 0 Å². The molecule has 142 valence electrons. The number of fused-ring (bicyclic) bond motifs is 1. The summed E-state index contributed by atoms with van der Waals surface area (Å²) >= 11 is 0. The van der Waals surface area contributed by atoms with E-state index in [0.29, 0.717) is 25.6 Å². The highest BCUT2D eigenvalue weighted by Crippen LogP contribution is 2.28. The lowest BCUT2D eigenvalue weighted by Gasteiger charge is -2.34. The molecule has 2 amide bonds. The largest absolute Gasteiger partial charge is 0.353 e. The summed E-state index contributed by atoms with van der Waals surface area (Å²) in [6.45, 7) is 4.56. The first-order valence-corrected chi connectivity index (χ1v) is 9.89. The molecule has 1 atom stereocenters. The molecule has 0 radical (unpaired) electrons. The van der Waals surface area contributed by atoms with Crippen LogP contribution in [0.2, 0.25) is 0 Å². The van der Waals surface area contributed by atoms with Crippen LogP contribution >= 0.6 is 0 Å². The quantitative estimate of drug-likeness (QED) is 0.829. The van der Waals surface area contributed by atoms with Crippen molar-refractivity contribution < 1.29 is 9.59 Å². The number of hydrogen-bond donors (Lipinski definition) is 1. The zero-order valence-electron chi connectivity index (χ0n) is 15.3. The van der Waals surface area contributed by atoms with Crippen molar-refractivity contribution in [3.8, 4) is 0 Å². The lowest BCUT2D eigenvalue weighted by Crippen LogP contribution is -2.53. The predicted molar refractivity (Wildman–Crippen MR) is 95.6 cm³/mol. The third kappa shape index (κ3) is 3.75. The number of aromatic nitrogens is 3. The van der Waals surface area contributed by atoms with Crippen LogP contribution in [0.4, 0.5) is 0 Å². The van der Waals surface area contributed by atoms with E-state index in [1.54, 1.807) is 4.90 Å². The number of carbonyl (C=O) groups excluding carboxylic acids is 2. The minimum Gasteiger partial charge on any atom is -0.353 e. The van der Waals surface area contributed by atoms with Gasteiger partial charge in [0.1, 0.15) is 11.6 Å². The van der Waals surface area contributed by atoms with Crippen molar-refractivity contribution in [1.82, 2.24) is 29.9 Å². The second-order valence-electron chi connectivity index (χ2n) is 7.68. The van der Waals surface area contributed by atoms with Gasteiger partial charge in [0.25, 0.3) is 0 Å². The van der Waals surface area contributed by atoms with E-state index in [4.69, 9.17) is 0 Å². The van der Waals surface area contributed by atoms with Gasteiger partial charge in [-0.05, 0) is 32.2 Å². The van der Waals surface area contributed by atoms with E-state index in [9.17, 15) is 9.59 Å². The van der Waals surface area contributed by atoms with Crippen molar-refractivity contribution in [1.29, 1.82) is 0 Å². The highest BCUT2D eigenvalue weighted by Gasteiger charge is 2.29. The molecule has 0 saturated carbocycles. The summed E-state index contributed by atoms with van der Waals surface area (Å²) in [5, 5.41) is 11.7. The van der Waals surface area contributed by atoms with Crippen LogP contribution in [0, 0.1) is 0 Å². The Morgan fingerprint density at radius 3 is 2.92 bits per heavy atom. The summed E-state index contributed by atoms with van der Waals surface area (Å²) in [6, 6.07) is 0. The van der Waals surface area contributed by atoms with E-state index in [-0.39, 0.29) is 18.4 Å². The molecule has 0 spiro atoms. The number of carbonyl (C=O) groups is 2. The fourth-order valence-electron chi connectivity index (χ4n) is 4.36.